The number of carbonyl (C=O) groups excluding carboxylic acids is 1. The number of rotatable bonds is 7. The quantitative estimate of drug-likeness (QED) is 0.471. The lowest BCUT2D eigenvalue weighted by atomic mass is 10.2. The van der Waals surface area contributed by atoms with Gasteiger partial charge >= 0.3 is 0 Å². The number of aromatic amines is 1. The Morgan fingerprint density at radius 1 is 1.37 bits per heavy atom. The Bertz CT molecular complexity index is 1160. The zero-order chi connectivity index (χ0) is 21.3. The van der Waals surface area contributed by atoms with E-state index in [1.54, 1.807) is 11.3 Å². The lowest BCUT2D eigenvalue weighted by Gasteiger charge is -2.20. The Labute approximate surface area is 179 Å². The van der Waals surface area contributed by atoms with Crippen LogP contribution in [0.5, 0.6) is 0 Å². The molecule has 8 nitrogen and oxygen atoms in total. The maximum absolute atomic E-state index is 13.1. The van der Waals surface area contributed by atoms with Gasteiger partial charge in [-0.05, 0) is 38.5 Å². The van der Waals surface area contributed by atoms with Crippen molar-refractivity contribution in [3.8, 4) is 10.6 Å². The summed E-state index contributed by atoms with van der Waals surface area (Å²) in [6.45, 7) is 6.96. The summed E-state index contributed by atoms with van der Waals surface area (Å²) in [4.78, 5) is 26.4. The molecule has 0 saturated carbocycles. The minimum atomic E-state index is -0.283. The molecule has 4 aromatic rings. The van der Waals surface area contributed by atoms with E-state index in [1.165, 1.54) is 11.2 Å². The standard InChI is InChI=1S/C21H25N7OS/c1-5-8-27(4)16-9-15(21(29)25-14(3)19-23-12-24-26-19)11-28-17(10-22-20(16)28)18-7-6-13(2)30-18/h6-7,9-12,14H,5,8H2,1-4H3,(H,25,29)(H,23,24,26). The van der Waals surface area contributed by atoms with Crippen molar-refractivity contribution in [3.05, 3.63) is 53.2 Å². The number of fused-ring (bicyclic) bond motifs is 1. The van der Waals surface area contributed by atoms with Gasteiger partial charge in [0.05, 0.1) is 34.1 Å². The van der Waals surface area contributed by atoms with Crippen molar-refractivity contribution in [3.63, 3.8) is 0 Å². The number of thiophene rings is 1. The SMILES string of the molecule is CCCN(C)c1cc(C(=O)NC(C)c2ncn[nH]2)cn2c(-c3ccc(C)s3)cnc12. The minimum absolute atomic E-state index is 0.172. The van der Waals surface area contributed by atoms with Crippen molar-refractivity contribution in [2.75, 3.05) is 18.5 Å². The molecule has 4 aromatic heterocycles. The molecule has 1 atom stereocenters. The van der Waals surface area contributed by atoms with Gasteiger partial charge in [0.25, 0.3) is 5.91 Å². The summed E-state index contributed by atoms with van der Waals surface area (Å²) in [6, 6.07) is 5.82. The molecule has 9 heteroatoms. The van der Waals surface area contributed by atoms with E-state index in [1.807, 2.05) is 36.8 Å². The van der Waals surface area contributed by atoms with Crippen LogP contribution in [0, 0.1) is 6.92 Å². The summed E-state index contributed by atoms with van der Waals surface area (Å²) in [6.07, 6.45) is 6.17. The van der Waals surface area contributed by atoms with Crippen LogP contribution in [0.25, 0.3) is 16.2 Å². The number of imidazole rings is 1. The highest BCUT2D eigenvalue weighted by Gasteiger charge is 2.19. The van der Waals surface area contributed by atoms with Crippen molar-refractivity contribution in [2.45, 2.75) is 33.2 Å². The monoisotopic (exact) mass is 423 g/mol. The molecule has 0 fully saturated rings. The molecule has 0 aliphatic rings. The van der Waals surface area contributed by atoms with Gasteiger partial charge in [0, 0.05) is 24.7 Å². The van der Waals surface area contributed by atoms with Crippen LogP contribution in [-0.4, -0.2) is 44.1 Å². The Balaban J connectivity index is 1.77. The zero-order valence-corrected chi connectivity index (χ0v) is 18.3. The van der Waals surface area contributed by atoms with E-state index in [9.17, 15) is 4.79 Å². The summed E-state index contributed by atoms with van der Waals surface area (Å²) in [5.41, 5.74) is 3.31. The van der Waals surface area contributed by atoms with Crippen molar-refractivity contribution in [1.29, 1.82) is 0 Å². The van der Waals surface area contributed by atoms with Crippen molar-refractivity contribution < 1.29 is 4.79 Å². The van der Waals surface area contributed by atoms with Crippen molar-refractivity contribution in [2.24, 2.45) is 0 Å². The van der Waals surface area contributed by atoms with E-state index in [2.05, 4.69) is 56.4 Å². The Morgan fingerprint density at radius 2 is 2.20 bits per heavy atom. The van der Waals surface area contributed by atoms with Gasteiger partial charge in [0.15, 0.2) is 5.65 Å². The van der Waals surface area contributed by atoms with E-state index in [0.717, 1.165) is 34.9 Å². The Morgan fingerprint density at radius 3 is 2.87 bits per heavy atom. The van der Waals surface area contributed by atoms with Crippen LogP contribution in [0.1, 0.15) is 47.4 Å². The van der Waals surface area contributed by atoms with Gasteiger partial charge in [-0.1, -0.05) is 6.92 Å². The van der Waals surface area contributed by atoms with E-state index in [-0.39, 0.29) is 11.9 Å². The second kappa shape index (κ2) is 8.27. The molecule has 0 aromatic carbocycles. The first-order valence-electron chi connectivity index (χ1n) is 9.93. The third-order valence-electron chi connectivity index (χ3n) is 5.00. The average molecular weight is 424 g/mol. The van der Waals surface area contributed by atoms with Gasteiger partial charge in [-0.25, -0.2) is 9.97 Å². The maximum atomic E-state index is 13.1. The number of hydrogen-bond donors (Lipinski definition) is 2. The number of aromatic nitrogens is 5. The molecule has 0 aliphatic heterocycles. The molecule has 0 bridgehead atoms. The topological polar surface area (TPSA) is 91.2 Å². The molecule has 0 radical (unpaired) electrons. The van der Waals surface area contributed by atoms with Crippen LogP contribution in [0.3, 0.4) is 0 Å². The molecule has 156 valence electrons. The third-order valence-corrected chi connectivity index (χ3v) is 6.03. The number of pyridine rings is 1. The summed E-state index contributed by atoms with van der Waals surface area (Å²) in [5.74, 6) is 0.444. The highest BCUT2D eigenvalue weighted by Crippen LogP contribution is 2.31. The molecule has 2 N–H and O–H groups in total. The predicted octanol–water partition coefficient (Wildman–Crippen LogP) is 3.83. The van der Waals surface area contributed by atoms with Crippen molar-refractivity contribution in [1.82, 2.24) is 29.9 Å². The predicted molar refractivity (Wildman–Crippen MR) is 119 cm³/mol. The first kappa shape index (κ1) is 20.1. The minimum Gasteiger partial charge on any atom is -0.372 e. The van der Waals surface area contributed by atoms with Crippen LogP contribution in [0.2, 0.25) is 0 Å². The number of hydrogen-bond acceptors (Lipinski definition) is 6. The number of carbonyl (C=O) groups is 1. The average Bonchev–Trinajstić information content (AvgIpc) is 3.47. The Hall–Kier alpha value is -3.20. The normalized spacial score (nSPS) is 12.3. The fourth-order valence-corrected chi connectivity index (χ4v) is 4.33. The molecule has 1 unspecified atom stereocenters. The van der Waals surface area contributed by atoms with Gasteiger partial charge in [-0.3, -0.25) is 14.3 Å². The molecule has 4 heterocycles. The largest absolute Gasteiger partial charge is 0.372 e. The van der Waals surface area contributed by atoms with E-state index in [0.29, 0.717) is 11.4 Å². The smallest absolute Gasteiger partial charge is 0.253 e. The van der Waals surface area contributed by atoms with Gasteiger partial charge in [0.1, 0.15) is 12.2 Å². The lowest BCUT2D eigenvalue weighted by Crippen LogP contribution is -2.28. The first-order valence-corrected chi connectivity index (χ1v) is 10.7. The molecular weight excluding hydrogens is 398 g/mol. The Kier molecular flexibility index (Phi) is 5.54. The molecule has 30 heavy (non-hydrogen) atoms. The fourth-order valence-electron chi connectivity index (χ4n) is 3.46. The molecule has 0 saturated heterocycles. The van der Waals surface area contributed by atoms with Crippen LogP contribution in [0.15, 0.2) is 36.9 Å². The zero-order valence-electron chi connectivity index (χ0n) is 17.5. The van der Waals surface area contributed by atoms with Crippen LogP contribution >= 0.6 is 11.3 Å². The van der Waals surface area contributed by atoms with Gasteiger partial charge < -0.3 is 10.2 Å². The second-order valence-electron chi connectivity index (χ2n) is 7.35. The van der Waals surface area contributed by atoms with Crippen LogP contribution in [-0.2, 0) is 0 Å². The van der Waals surface area contributed by atoms with E-state index in [4.69, 9.17) is 0 Å². The van der Waals surface area contributed by atoms with Gasteiger partial charge in [-0.15, -0.1) is 11.3 Å². The highest BCUT2D eigenvalue weighted by molar-refractivity contribution is 7.15. The van der Waals surface area contributed by atoms with Crippen LogP contribution in [0.4, 0.5) is 5.69 Å². The fraction of sp³-hybridized carbons (Fsp3) is 0.333. The summed E-state index contributed by atoms with van der Waals surface area (Å²) in [7, 11) is 2.03. The highest BCUT2D eigenvalue weighted by atomic mass is 32.1. The molecule has 1 amide bonds. The van der Waals surface area contributed by atoms with E-state index >= 15 is 0 Å². The second-order valence-corrected chi connectivity index (χ2v) is 8.64. The molecule has 0 aliphatic carbocycles. The number of anilines is 1. The van der Waals surface area contributed by atoms with Gasteiger partial charge in [0.2, 0.25) is 0 Å². The number of nitrogens with zero attached hydrogens (tertiary/aromatic N) is 5. The number of aryl methyl sites for hydroxylation is 1. The maximum Gasteiger partial charge on any atom is 0.253 e. The molecule has 0 spiro atoms. The van der Waals surface area contributed by atoms with E-state index < -0.39 is 0 Å². The van der Waals surface area contributed by atoms with Crippen LogP contribution < -0.4 is 10.2 Å². The third kappa shape index (κ3) is 3.80. The summed E-state index contributed by atoms with van der Waals surface area (Å²) in [5, 5.41) is 9.65. The number of amides is 1. The molecular formula is C21H25N7OS. The molecule has 4 rings (SSSR count). The first-order chi connectivity index (χ1) is 14.5. The number of nitrogens with one attached hydrogen (secondary N) is 2. The summed E-state index contributed by atoms with van der Waals surface area (Å²) >= 11 is 1.71. The van der Waals surface area contributed by atoms with Gasteiger partial charge in [-0.2, -0.15) is 5.10 Å². The number of H-pyrrole nitrogens is 1. The lowest BCUT2D eigenvalue weighted by molar-refractivity contribution is 0.0938. The van der Waals surface area contributed by atoms with Crippen molar-refractivity contribution >= 4 is 28.6 Å². The summed E-state index contributed by atoms with van der Waals surface area (Å²) < 4.78 is 2.01.